The van der Waals surface area contributed by atoms with Crippen molar-refractivity contribution in [2.45, 2.75) is 31.7 Å². The molecule has 6 heteroatoms. The van der Waals surface area contributed by atoms with Gasteiger partial charge in [-0.2, -0.15) is 0 Å². The summed E-state index contributed by atoms with van der Waals surface area (Å²) >= 11 is 0. The molecule has 0 aromatic heterocycles. The van der Waals surface area contributed by atoms with E-state index in [2.05, 4.69) is 5.32 Å². The molecule has 0 unspecified atom stereocenters. The smallest absolute Gasteiger partial charge is 0.253 e. The van der Waals surface area contributed by atoms with Crippen LogP contribution < -0.4 is 10.1 Å². The number of sulfone groups is 1. The van der Waals surface area contributed by atoms with Crippen molar-refractivity contribution >= 4 is 15.7 Å². The second kappa shape index (κ2) is 7.70. The summed E-state index contributed by atoms with van der Waals surface area (Å²) in [6.07, 6.45) is 0. The van der Waals surface area contributed by atoms with Crippen molar-refractivity contribution in [2.24, 2.45) is 0 Å². The first-order valence-corrected chi connectivity index (χ1v) is 9.72. The van der Waals surface area contributed by atoms with Gasteiger partial charge in [-0.25, -0.2) is 8.42 Å². The van der Waals surface area contributed by atoms with Crippen LogP contribution in [0.5, 0.6) is 5.75 Å². The maximum atomic E-state index is 12.7. The number of carbonyl (C=O) groups is 1. The predicted molar refractivity (Wildman–Crippen MR) is 97.8 cm³/mol. The van der Waals surface area contributed by atoms with E-state index in [0.29, 0.717) is 5.75 Å². The second-order valence-corrected chi connectivity index (χ2v) is 8.09. The maximum absolute atomic E-state index is 12.7. The van der Waals surface area contributed by atoms with Gasteiger partial charge in [0.15, 0.2) is 9.84 Å². The topological polar surface area (TPSA) is 72.5 Å². The van der Waals surface area contributed by atoms with Crippen LogP contribution in [0.25, 0.3) is 0 Å². The molecule has 2 rings (SSSR count). The summed E-state index contributed by atoms with van der Waals surface area (Å²) in [5.41, 5.74) is 2.04. The van der Waals surface area contributed by atoms with Crippen LogP contribution in [0.2, 0.25) is 0 Å². The van der Waals surface area contributed by atoms with Crippen molar-refractivity contribution in [2.75, 3.05) is 12.9 Å². The van der Waals surface area contributed by atoms with Gasteiger partial charge in [0, 0.05) is 5.56 Å². The zero-order valence-corrected chi connectivity index (χ0v) is 15.7. The molecule has 0 spiro atoms. The van der Waals surface area contributed by atoms with E-state index in [-0.39, 0.29) is 22.3 Å². The van der Waals surface area contributed by atoms with Crippen molar-refractivity contribution in [3.63, 3.8) is 0 Å². The lowest BCUT2D eigenvalue weighted by Gasteiger charge is -2.19. The third-order valence-corrected chi connectivity index (χ3v) is 5.83. The fourth-order valence-electron chi connectivity index (χ4n) is 2.63. The van der Waals surface area contributed by atoms with Gasteiger partial charge < -0.3 is 10.1 Å². The summed E-state index contributed by atoms with van der Waals surface area (Å²) in [6, 6.07) is 11.7. The van der Waals surface area contributed by atoms with Gasteiger partial charge in [-0.1, -0.05) is 36.8 Å². The molecule has 1 N–H and O–H groups in total. The Morgan fingerprint density at radius 1 is 1.20 bits per heavy atom. The van der Waals surface area contributed by atoms with E-state index >= 15 is 0 Å². The highest BCUT2D eigenvalue weighted by Gasteiger charge is 2.22. The minimum absolute atomic E-state index is 0.0541. The number of methoxy groups -OCH3 is 1. The molecule has 0 heterocycles. The van der Waals surface area contributed by atoms with Crippen LogP contribution in [0.1, 0.15) is 41.4 Å². The molecular formula is C19H23NO4S. The third-order valence-electron chi connectivity index (χ3n) is 4.05. The fraction of sp³-hybridized carbons (Fsp3) is 0.316. The highest BCUT2D eigenvalue weighted by Crippen LogP contribution is 2.27. The lowest BCUT2D eigenvalue weighted by atomic mass is 10.0. The number of amides is 1. The van der Waals surface area contributed by atoms with E-state index in [1.54, 1.807) is 26.2 Å². The van der Waals surface area contributed by atoms with Gasteiger partial charge in [0.25, 0.3) is 5.91 Å². The van der Waals surface area contributed by atoms with E-state index in [4.69, 9.17) is 4.74 Å². The summed E-state index contributed by atoms with van der Waals surface area (Å²) in [6.45, 7) is 5.36. The molecule has 0 bridgehead atoms. The Morgan fingerprint density at radius 3 is 2.52 bits per heavy atom. The molecule has 0 saturated carbocycles. The third kappa shape index (κ3) is 4.20. The lowest BCUT2D eigenvalue weighted by Crippen LogP contribution is -2.28. The summed E-state index contributed by atoms with van der Waals surface area (Å²) in [5.74, 6) is 0.190. The number of hydrogen-bond acceptors (Lipinski definition) is 4. The number of aryl methyl sites for hydroxylation is 1. The van der Waals surface area contributed by atoms with E-state index in [0.717, 1.165) is 11.1 Å². The van der Waals surface area contributed by atoms with Crippen molar-refractivity contribution in [3.8, 4) is 5.75 Å². The molecule has 0 aliphatic rings. The first kappa shape index (κ1) is 19.0. The maximum Gasteiger partial charge on any atom is 0.253 e. The van der Waals surface area contributed by atoms with E-state index in [1.165, 1.54) is 12.1 Å². The van der Waals surface area contributed by atoms with Gasteiger partial charge in [0.2, 0.25) is 0 Å². The first-order valence-electron chi connectivity index (χ1n) is 8.07. The molecule has 1 amide bonds. The Morgan fingerprint density at radius 2 is 1.88 bits per heavy atom. The molecule has 0 aliphatic heterocycles. The van der Waals surface area contributed by atoms with Gasteiger partial charge in [-0.15, -0.1) is 0 Å². The van der Waals surface area contributed by atoms with Crippen LogP contribution in [0.4, 0.5) is 0 Å². The average molecular weight is 361 g/mol. The molecule has 0 aliphatic carbocycles. The van der Waals surface area contributed by atoms with Crippen molar-refractivity contribution < 1.29 is 17.9 Å². The van der Waals surface area contributed by atoms with Crippen LogP contribution in [0, 0.1) is 6.92 Å². The Kier molecular flexibility index (Phi) is 5.85. The van der Waals surface area contributed by atoms with Gasteiger partial charge in [0.05, 0.1) is 29.4 Å². The molecular weight excluding hydrogens is 338 g/mol. The molecule has 0 fully saturated rings. The first-order chi connectivity index (χ1) is 11.8. The molecule has 1 atom stereocenters. The van der Waals surface area contributed by atoms with E-state index < -0.39 is 15.7 Å². The zero-order chi connectivity index (χ0) is 18.6. The standard InChI is InChI=1S/C19H23NO4S/c1-5-25(22,23)18-9-7-6-8-15(18)19(21)20-14(3)16-12-13(2)10-11-17(16)24-4/h6-12,14H,5H2,1-4H3,(H,20,21)/t14-/m1/s1. The molecule has 5 nitrogen and oxygen atoms in total. The van der Waals surface area contributed by atoms with Crippen molar-refractivity contribution in [1.82, 2.24) is 5.32 Å². The number of carbonyl (C=O) groups excluding carboxylic acids is 1. The van der Waals surface area contributed by atoms with Gasteiger partial charge >= 0.3 is 0 Å². The monoisotopic (exact) mass is 361 g/mol. The molecule has 0 saturated heterocycles. The molecule has 25 heavy (non-hydrogen) atoms. The van der Waals surface area contributed by atoms with Crippen molar-refractivity contribution in [1.29, 1.82) is 0 Å². The molecule has 2 aromatic carbocycles. The fourth-order valence-corrected chi connectivity index (χ4v) is 3.72. The van der Waals surface area contributed by atoms with E-state index in [1.807, 2.05) is 32.0 Å². The minimum atomic E-state index is -3.48. The Hall–Kier alpha value is -2.34. The summed E-state index contributed by atoms with van der Waals surface area (Å²) in [7, 11) is -1.90. The Labute approximate surface area is 148 Å². The minimum Gasteiger partial charge on any atom is -0.496 e. The van der Waals surface area contributed by atoms with Crippen LogP contribution in [-0.4, -0.2) is 27.2 Å². The van der Waals surface area contributed by atoms with Crippen LogP contribution >= 0.6 is 0 Å². The van der Waals surface area contributed by atoms with Crippen LogP contribution in [0.3, 0.4) is 0 Å². The average Bonchev–Trinajstić information content (AvgIpc) is 2.61. The van der Waals surface area contributed by atoms with Gasteiger partial charge in [0.1, 0.15) is 5.75 Å². The summed E-state index contributed by atoms with van der Waals surface area (Å²) < 4.78 is 29.8. The molecule has 134 valence electrons. The molecule has 2 aromatic rings. The predicted octanol–water partition coefficient (Wildman–Crippen LogP) is 3.29. The summed E-state index contributed by atoms with van der Waals surface area (Å²) in [5, 5.41) is 2.87. The highest BCUT2D eigenvalue weighted by molar-refractivity contribution is 7.91. The zero-order valence-electron chi connectivity index (χ0n) is 14.9. The summed E-state index contributed by atoms with van der Waals surface area (Å²) in [4.78, 5) is 12.7. The SMILES string of the molecule is CCS(=O)(=O)c1ccccc1C(=O)N[C@H](C)c1cc(C)ccc1OC. The Bertz CT molecular complexity index is 875. The quantitative estimate of drug-likeness (QED) is 0.857. The van der Waals surface area contributed by atoms with E-state index in [9.17, 15) is 13.2 Å². The number of benzene rings is 2. The van der Waals surface area contributed by atoms with Gasteiger partial charge in [-0.05, 0) is 32.0 Å². The molecule has 0 radical (unpaired) electrons. The largest absolute Gasteiger partial charge is 0.496 e. The normalized spacial score (nSPS) is 12.5. The Balaban J connectivity index is 2.34. The highest BCUT2D eigenvalue weighted by atomic mass is 32.2. The number of hydrogen-bond donors (Lipinski definition) is 1. The van der Waals surface area contributed by atoms with Crippen LogP contribution in [-0.2, 0) is 9.84 Å². The van der Waals surface area contributed by atoms with Crippen molar-refractivity contribution in [3.05, 3.63) is 59.2 Å². The number of ether oxygens (including phenoxy) is 1. The number of rotatable bonds is 6. The second-order valence-electron chi connectivity index (χ2n) is 5.84. The van der Waals surface area contributed by atoms with Crippen LogP contribution in [0.15, 0.2) is 47.4 Å². The number of nitrogens with one attached hydrogen (secondary N) is 1. The lowest BCUT2D eigenvalue weighted by molar-refractivity contribution is 0.0936. The van der Waals surface area contributed by atoms with Gasteiger partial charge in [-0.3, -0.25) is 4.79 Å².